The molecule has 0 spiro atoms. The average Bonchev–Trinajstić information content (AvgIpc) is 2.96. The van der Waals surface area contributed by atoms with Crippen LogP contribution >= 0.6 is 0 Å². The molecule has 0 bridgehead atoms. The number of benzene rings is 4. The molecule has 0 aromatic heterocycles. The number of allylic oxidation sites excluding steroid dienone is 1. The molecule has 0 fully saturated rings. The van der Waals surface area contributed by atoms with Crippen molar-refractivity contribution in [2.75, 3.05) is 6.61 Å². The van der Waals surface area contributed by atoms with E-state index in [4.69, 9.17) is 9.47 Å². The van der Waals surface area contributed by atoms with E-state index < -0.39 is 5.97 Å². The van der Waals surface area contributed by atoms with Gasteiger partial charge in [0.05, 0.1) is 12.2 Å². The van der Waals surface area contributed by atoms with E-state index in [1.807, 2.05) is 42.5 Å². The number of aromatic carboxylic acids is 1. The first kappa shape index (κ1) is 27.2. The fourth-order valence-corrected chi connectivity index (χ4v) is 5.66. The van der Waals surface area contributed by atoms with Gasteiger partial charge in [-0.1, -0.05) is 74.6 Å². The minimum atomic E-state index is -1.00. The van der Waals surface area contributed by atoms with E-state index in [9.17, 15) is 14.7 Å². The Bertz CT molecular complexity index is 1550. The maximum Gasteiger partial charge on any atom is 0.336 e. The lowest BCUT2D eigenvalue weighted by molar-refractivity contribution is -0.120. The predicted octanol–water partition coefficient (Wildman–Crippen LogP) is 9.07. The first-order valence-corrected chi connectivity index (χ1v) is 14.0. The number of unbranched alkanes of at least 4 members (excludes halogenated alkanes) is 7. The van der Waals surface area contributed by atoms with Crippen LogP contribution in [-0.4, -0.2) is 24.2 Å². The molecule has 40 heavy (non-hydrogen) atoms. The molecule has 4 aromatic rings. The largest absolute Gasteiger partial charge is 0.494 e. The van der Waals surface area contributed by atoms with Gasteiger partial charge in [0, 0.05) is 16.5 Å². The number of ether oxygens (including phenoxy) is 2. The standard InChI is InChI=1S/C35H34O5/c1-2-3-4-5-6-7-8-9-12-21-39-24-15-16-26-29(17-18-30(35(37)38)31(26)22-24)34-32(40-23-36)20-19-28-25-13-10-11-14-27(25)33(28)34/h2,10-11,13-20,22-23H,1,3-9,12,21H2,(H,37,38). The second kappa shape index (κ2) is 12.6. The summed E-state index contributed by atoms with van der Waals surface area (Å²) in [5, 5.41) is 11.3. The minimum Gasteiger partial charge on any atom is -0.494 e. The molecule has 5 nitrogen and oxygen atoms in total. The molecule has 0 saturated heterocycles. The van der Waals surface area contributed by atoms with Gasteiger partial charge in [-0.05, 0) is 77.2 Å². The molecule has 4 aromatic carbocycles. The lowest BCUT2D eigenvalue weighted by atomic mass is 9.75. The highest BCUT2D eigenvalue weighted by Crippen LogP contribution is 2.55. The van der Waals surface area contributed by atoms with E-state index in [-0.39, 0.29) is 5.56 Å². The van der Waals surface area contributed by atoms with E-state index in [1.165, 1.54) is 32.1 Å². The Kier molecular flexibility index (Phi) is 8.60. The summed E-state index contributed by atoms with van der Waals surface area (Å²) in [7, 11) is 0. The van der Waals surface area contributed by atoms with Gasteiger partial charge in [-0.25, -0.2) is 4.79 Å². The van der Waals surface area contributed by atoms with E-state index in [1.54, 1.807) is 18.2 Å². The zero-order chi connectivity index (χ0) is 27.9. The van der Waals surface area contributed by atoms with Gasteiger partial charge in [0.1, 0.15) is 11.5 Å². The summed E-state index contributed by atoms with van der Waals surface area (Å²) in [4.78, 5) is 23.6. The normalized spacial score (nSPS) is 11.3. The molecule has 5 heteroatoms. The molecule has 0 heterocycles. The van der Waals surface area contributed by atoms with Crippen LogP contribution in [0.25, 0.3) is 44.2 Å². The summed E-state index contributed by atoms with van der Waals surface area (Å²) in [5.74, 6) is 0.0820. The molecule has 0 amide bonds. The van der Waals surface area contributed by atoms with Crippen LogP contribution in [0, 0.1) is 0 Å². The summed E-state index contributed by atoms with van der Waals surface area (Å²) in [5.41, 5.74) is 6.10. The Morgan fingerprint density at radius 1 is 0.750 bits per heavy atom. The minimum absolute atomic E-state index is 0.202. The summed E-state index contributed by atoms with van der Waals surface area (Å²) >= 11 is 0. The highest BCUT2D eigenvalue weighted by Gasteiger charge is 2.29. The predicted molar refractivity (Wildman–Crippen MR) is 160 cm³/mol. The lowest BCUT2D eigenvalue weighted by Crippen LogP contribution is -2.05. The Morgan fingerprint density at radius 2 is 1.48 bits per heavy atom. The van der Waals surface area contributed by atoms with Gasteiger partial charge >= 0.3 is 5.97 Å². The maximum absolute atomic E-state index is 12.2. The molecule has 1 N–H and O–H groups in total. The Balaban J connectivity index is 1.39. The Labute approximate surface area is 235 Å². The first-order chi connectivity index (χ1) is 19.6. The van der Waals surface area contributed by atoms with Gasteiger partial charge in [-0.2, -0.15) is 0 Å². The Hall–Kier alpha value is -4.38. The van der Waals surface area contributed by atoms with Crippen molar-refractivity contribution in [1.29, 1.82) is 0 Å². The van der Waals surface area contributed by atoms with Crippen LogP contribution in [0.5, 0.6) is 11.5 Å². The van der Waals surface area contributed by atoms with Gasteiger partial charge in [0.2, 0.25) is 0 Å². The van der Waals surface area contributed by atoms with Crippen LogP contribution in [0.3, 0.4) is 0 Å². The highest BCUT2D eigenvalue weighted by molar-refractivity contribution is 6.16. The van der Waals surface area contributed by atoms with Crippen LogP contribution in [-0.2, 0) is 4.79 Å². The van der Waals surface area contributed by atoms with Crippen LogP contribution in [0.15, 0.2) is 79.4 Å². The molecule has 5 rings (SSSR count). The zero-order valence-corrected chi connectivity index (χ0v) is 22.7. The topological polar surface area (TPSA) is 72.8 Å². The molecule has 1 aliphatic rings. The number of carbonyl (C=O) groups is 2. The van der Waals surface area contributed by atoms with Crippen molar-refractivity contribution in [1.82, 2.24) is 0 Å². The number of hydrogen-bond acceptors (Lipinski definition) is 4. The third kappa shape index (κ3) is 5.50. The Morgan fingerprint density at radius 3 is 2.23 bits per heavy atom. The SMILES string of the molecule is C=CCCCCCCCCCOc1ccc2c(-c3c(OC=O)ccc4c3-c3ccccc3-4)ccc(C(=O)O)c2c1. The molecule has 0 radical (unpaired) electrons. The van der Waals surface area contributed by atoms with Crippen molar-refractivity contribution >= 4 is 23.2 Å². The third-order valence-corrected chi connectivity index (χ3v) is 7.64. The van der Waals surface area contributed by atoms with Crippen LogP contribution < -0.4 is 9.47 Å². The summed E-state index contributed by atoms with van der Waals surface area (Å²) in [6.45, 7) is 4.79. The van der Waals surface area contributed by atoms with Crippen molar-refractivity contribution in [2.24, 2.45) is 0 Å². The third-order valence-electron chi connectivity index (χ3n) is 7.64. The fraction of sp³-hybridized carbons (Fsp3) is 0.257. The fourth-order valence-electron chi connectivity index (χ4n) is 5.66. The molecule has 0 aliphatic heterocycles. The van der Waals surface area contributed by atoms with Crippen molar-refractivity contribution in [3.05, 3.63) is 84.9 Å². The maximum atomic E-state index is 12.2. The number of carboxylic acid groups (broad SMARTS) is 1. The van der Waals surface area contributed by atoms with E-state index in [2.05, 4.69) is 18.7 Å². The van der Waals surface area contributed by atoms with Crippen molar-refractivity contribution in [3.8, 4) is 44.9 Å². The van der Waals surface area contributed by atoms with Crippen molar-refractivity contribution in [2.45, 2.75) is 51.4 Å². The number of fused-ring (bicyclic) bond motifs is 5. The molecule has 0 saturated carbocycles. The summed E-state index contributed by atoms with van der Waals surface area (Å²) in [6.07, 6.45) is 11.3. The van der Waals surface area contributed by atoms with Crippen LogP contribution in [0.1, 0.15) is 61.7 Å². The monoisotopic (exact) mass is 534 g/mol. The van der Waals surface area contributed by atoms with Gasteiger partial charge in [-0.15, -0.1) is 6.58 Å². The van der Waals surface area contributed by atoms with Crippen LogP contribution in [0.2, 0.25) is 0 Å². The van der Waals surface area contributed by atoms with Crippen LogP contribution in [0.4, 0.5) is 0 Å². The zero-order valence-electron chi connectivity index (χ0n) is 22.7. The lowest BCUT2D eigenvalue weighted by Gasteiger charge is -2.28. The molecule has 0 atom stereocenters. The van der Waals surface area contributed by atoms with Gasteiger partial charge < -0.3 is 14.6 Å². The van der Waals surface area contributed by atoms with Gasteiger partial charge in [0.15, 0.2) is 0 Å². The number of carboxylic acids is 1. The average molecular weight is 535 g/mol. The van der Waals surface area contributed by atoms with Gasteiger partial charge in [-0.3, -0.25) is 4.79 Å². The van der Waals surface area contributed by atoms with Crippen molar-refractivity contribution in [3.63, 3.8) is 0 Å². The molecule has 204 valence electrons. The number of rotatable bonds is 15. The first-order valence-electron chi connectivity index (χ1n) is 14.0. The molecular weight excluding hydrogens is 500 g/mol. The number of hydrogen-bond donors (Lipinski definition) is 1. The second-order valence-electron chi connectivity index (χ2n) is 10.2. The van der Waals surface area contributed by atoms with Crippen molar-refractivity contribution < 1.29 is 24.2 Å². The molecule has 1 aliphatic carbocycles. The number of carbonyl (C=O) groups excluding carboxylic acids is 1. The second-order valence-corrected chi connectivity index (χ2v) is 10.2. The van der Waals surface area contributed by atoms with Gasteiger partial charge in [0.25, 0.3) is 6.47 Å². The summed E-state index contributed by atoms with van der Waals surface area (Å²) < 4.78 is 11.5. The summed E-state index contributed by atoms with van der Waals surface area (Å²) in [6, 6.07) is 20.9. The van der Waals surface area contributed by atoms with E-state index >= 15 is 0 Å². The quantitative estimate of drug-likeness (QED) is 0.0824. The van der Waals surface area contributed by atoms with E-state index in [0.717, 1.165) is 58.0 Å². The molecule has 0 unspecified atom stereocenters. The molecular formula is C35H34O5. The smallest absolute Gasteiger partial charge is 0.336 e. The van der Waals surface area contributed by atoms with E-state index in [0.29, 0.717) is 30.0 Å². The highest BCUT2D eigenvalue weighted by atomic mass is 16.5.